The Balaban J connectivity index is 1.77. The standard InChI is InChI=1S/C21H21N3S/c1-3-6-15-7-4-8-16-10-11-18(24-19(15)16)20-14(2)23-21(25-20)17-9-5-12-22-13-17/h5-6,9-13H,3-4,7-8H2,1-2H3/b15-6-. The van der Waals surface area contributed by atoms with Crippen LogP contribution in [0.1, 0.15) is 43.1 Å². The fourth-order valence-electron chi connectivity index (χ4n) is 3.37. The Morgan fingerprint density at radius 3 is 2.88 bits per heavy atom. The van der Waals surface area contributed by atoms with E-state index in [9.17, 15) is 0 Å². The molecule has 0 bridgehead atoms. The minimum atomic E-state index is 1.00. The monoisotopic (exact) mass is 347 g/mol. The molecule has 0 saturated carbocycles. The topological polar surface area (TPSA) is 38.7 Å². The van der Waals surface area contributed by atoms with Crippen LogP contribution >= 0.6 is 11.3 Å². The fraction of sp³-hybridized carbons (Fsp3) is 0.286. The highest BCUT2D eigenvalue weighted by Gasteiger charge is 2.18. The average Bonchev–Trinajstić information content (AvgIpc) is 3.04. The van der Waals surface area contributed by atoms with E-state index >= 15 is 0 Å². The summed E-state index contributed by atoms with van der Waals surface area (Å²) in [6, 6.07) is 8.41. The van der Waals surface area contributed by atoms with Crippen LogP contribution in [0.15, 0.2) is 42.7 Å². The number of rotatable bonds is 3. The van der Waals surface area contributed by atoms with E-state index in [-0.39, 0.29) is 0 Å². The third-order valence-electron chi connectivity index (χ3n) is 4.56. The van der Waals surface area contributed by atoms with Gasteiger partial charge in [-0.3, -0.25) is 4.98 Å². The van der Waals surface area contributed by atoms with E-state index in [0.717, 1.165) is 46.1 Å². The van der Waals surface area contributed by atoms with Crippen molar-refractivity contribution in [3.05, 3.63) is 59.7 Å². The highest BCUT2D eigenvalue weighted by molar-refractivity contribution is 7.18. The molecular weight excluding hydrogens is 326 g/mol. The van der Waals surface area contributed by atoms with Gasteiger partial charge in [0.2, 0.25) is 0 Å². The van der Waals surface area contributed by atoms with Crippen molar-refractivity contribution >= 4 is 16.9 Å². The summed E-state index contributed by atoms with van der Waals surface area (Å²) in [4.78, 5) is 15.1. The van der Waals surface area contributed by atoms with Gasteiger partial charge < -0.3 is 0 Å². The van der Waals surface area contributed by atoms with Crippen LogP contribution < -0.4 is 0 Å². The van der Waals surface area contributed by atoms with Gasteiger partial charge in [0, 0.05) is 18.0 Å². The van der Waals surface area contributed by atoms with Gasteiger partial charge in [-0.2, -0.15) is 0 Å². The van der Waals surface area contributed by atoms with Crippen molar-refractivity contribution in [3.8, 4) is 21.1 Å². The van der Waals surface area contributed by atoms with Crippen LogP contribution in [0.3, 0.4) is 0 Å². The Hall–Kier alpha value is -2.33. The Morgan fingerprint density at radius 2 is 2.08 bits per heavy atom. The van der Waals surface area contributed by atoms with Gasteiger partial charge in [0.1, 0.15) is 5.01 Å². The molecule has 3 nitrogen and oxygen atoms in total. The molecule has 1 aliphatic carbocycles. The molecule has 4 heteroatoms. The summed E-state index contributed by atoms with van der Waals surface area (Å²) in [6.07, 6.45) is 10.5. The van der Waals surface area contributed by atoms with Crippen molar-refractivity contribution in [1.29, 1.82) is 0 Å². The number of allylic oxidation sites excluding steroid dienone is 2. The van der Waals surface area contributed by atoms with Crippen LogP contribution in [0.4, 0.5) is 0 Å². The molecule has 0 amide bonds. The van der Waals surface area contributed by atoms with Crippen molar-refractivity contribution in [2.45, 2.75) is 39.5 Å². The Bertz CT molecular complexity index is 926. The van der Waals surface area contributed by atoms with Crippen LogP contribution in [0.5, 0.6) is 0 Å². The smallest absolute Gasteiger partial charge is 0.125 e. The molecule has 0 unspecified atom stereocenters. The molecule has 1 aliphatic rings. The Morgan fingerprint density at radius 1 is 1.16 bits per heavy atom. The minimum Gasteiger partial charge on any atom is -0.264 e. The predicted molar refractivity (Wildman–Crippen MR) is 105 cm³/mol. The molecule has 126 valence electrons. The minimum absolute atomic E-state index is 1.00. The lowest BCUT2D eigenvalue weighted by Gasteiger charge is -2.18. The molecule has 0 N–H and O–H groups in total. The maximum Gasteiger partial charge on any atom is 0.125 e. The Labute approximate surface area is 152 Å². The molecule has 0 spiro atoms. The maximum atomic E-state index is 5.04. The summed E-state index contributed by atoms with van der Waals surface area (Å²) in [5.74, 6) is 0. The summed E-state index contributed by atoms with van der Waals surface area (Å²) >= 11 is 1.70. The molecule has 3 aromatic heterocycles. The van der Waals surface area contributed by atoms with Crippen molar-refractivity contribution in [1.82, 2.24) is 15.0 Å². The third-order valence-corrected chi connectivity index (χ3v) is 5.79. The summed E-state index contributed by atoms with van der Waals surface area (Å²) in [6.45, 7) is 4.26. The van der Waals surface area contributed by atoms with Crippen LogP contribution in [0, 0.1) is 6.92 Å². The van der Waals surface area contributed by atoms with E-state index in [1.54, 1.807) is 17.5 Å². The molecule has 0 aliphatic heterocycles. The van der Waals surface area contributed by atoms with Crippen molar-refractivity contribution in [3.63, 3.8) is 0 Å². The molecule has 0 fully saturated rings. The highest BCUT2D eigenvalue weighted by atomic mass is 32.1. The first kappa shape index (κ1) is 16.2. The molecular formula is C21H21N3S. The van der Waals surface area contributed by atoms with E-state index < -0.39 is 0 Å². The molecule has 0 aromatic carbocycles. The SMILES string of the molecule is CC/C=C1/CCCc2ccc(-c3sc(-c4cccnc4)nc3C)nc21. The zero-order valence-corrected chi connectivity index (χ0v) is 15.4. The maximum absolute atomic E-state index is 5.04. The van der Waals surface area contributed by atoms with Gasteiger partial charge in [-0.15, -0.1) is 11.3 Å². The zero-order valence-electron chi connectivity index (χ0n) is 14.6. The first-order valence-corrected chi connectivity index (χ1v) is 9.65. The number of hydrogen-bond donors (Lipinski definition) is 0. The van der Waals surface area contributed by atoms with Crippen LogP contribution in [-0.4, -0.2) is 15.0 Å². The highest BCUT2D eigenvalue weighted by Crippen LogP contribution is 2.37. The second kappa shape index (κ2) is 6.89. The fourth-order valence-corrected chi connectivity index (χ4v) is 4.40. The summed E-state index contributed by atoms with van der Waals surface area (Å²) < 4.78 is 0. The van der Waals surface area contributed by atoms with Gasteiger partial charge in [0.15, 0.2) is 0 Å². The molecule has 0 saturated heterocycles. The van der Waals surface area contributed by atoms with E-state index in [1.807, 2.05) is 12.3 Å². The second-order valence-corrected chi connectivity index (χ2v) is 7.37. The van der Waals surface area contributed by atoms with Crippen LogP contribution in [0.2, 0.25) is 0 Å². The van der Waals surface area contributed by atoms with E-state index in [2.05, 4.69) is 43.1 Å². The zero-order chi connectivity index (χ0) is 17.2. The summed E-state index contributed by atoms with van der Waals surface area (Å²) in [5, 5.41) is 1.00. The van der Waals surface area contributed by atoms with Crippen molar-refractivity contribution < 1.29 is 0 Å². The normalized spacial score (nSPS) is 15.4. The van der Waals surface area contributed by atoms with Crippen LogP contribution in [-0.2, 0) is 6.42 Å². The van der Waals surface area contributed by atoms with Crippen molar-refractivity contribution in [2.24, 2.45) is 0 Å². The van der Waals surface area contributed by atoms with Gasteiger partial charge in [-0.1, -0.05) is 19.1 Å². The summed E-state index contributed by atoms with van der Waals surface area (Å²) in [7, 11) is 0. The first-order valence-electron chi connectivity index (χ1n) is 8.83. The molecule has 4 rings (SSSR count). The largest absolute Gasteiger partial charge is 0.264 e. The predicted octanol–water partition coefficient (Wildman–Crippen LogP) is 5.71. The molecule has 3 heterocycles. The second-order valence-electron chi connectivity index (χ2n) is 6.37. The molecule has 0 atom stereocenters. The van der Waals surface area contributed by atoms with E-state index in [1.165, 1.54) is 23.3 Å². The lowest BCUT2D eigenvalue weighted by atomic mass is 9.90. The first-order chi connectivity index (χ1) is 12.3. The van der Waals surface area contributed by atoms with Gasteiger partial charge in [-0.25, -0.2) is 9.97 Å². The van der Waals surface area contributed by atoms with Gasteiger partial charge in [0.25, 0.3) is 0 Å². The third kappa shape index (κ3) is 3.14. The van der Waals surface area contributed by atoms with Crippen molar-refractivity contribution in [2.75, 3.05) is 0 Å². The number of aromatic nitrogens is 3. The number of aryl methyl sites for hydroxylation is 2. The van der Waals surface area contributed by atoms with Gasteiger partial charge in [0.05, 0.1) is 22.0 Å². The Kier molecular flexibility index (Phi) is 4.45. The lowest BCUT2D eigenvalue weighted by molar-refractivity contribution is 0.807. The number of nitrogens with zero attached hydrogens (tertiary/aromatic N) is 3. The molecule has 25 heavy (non-hydrogen) atoms. The average molecular weight is 347 g/mol. The molecule has 3 aromatic rings. The number of fused-ring (bicyclic) bond motifs is 1. The quantitative estimate of drug-likeness (QED) is 0.609. The van der Waals surface area contributed by atoms with Crippen LogP contribution in [0.25, 0.3) is 26.7 Å². The summed E-state index contributed by atoms with van der Waals surface area (Å²) in [5.41, 5.74) is 7.11. The molecule has 0 radical (unpaired) electrons. The van der Waals surface area contributed by atoms with E-state index in [0.29, 0.717) is 0 Å². The number of thiazole rings is 1. The lowest BCUT2D eigenvalue weighted by Crippen LogP contribution is -2.05. The van der Waals surface area contributed by atoms with E-state index in [4.69, 9.17) is 9.97 Å². The van der Waals surface area contributed by atoms with Gasteiger partial charge >= 0.3 is 0 Å². The number of pyridine rings is 2. The number of hydrogen-bond acceptors (Lipinski definition) is 4. The van der Waals surface area contributed by atoms with Gasteiger partial charge in [-0.05, 0) is 61.9 Å².